The Morgan fingerprint density at radius 2 is 2.09 bits per heavy atom. The molecule has 2 rings (SSSR count). The zero-order valence-corrected chi connectivity index (χ0v) is 13.5. The molecule has 0 saturated carbocycles. The van der Waals surface area contributed by atoms with Crippen LogP contribution in [0.5, 0.6) is 5.75 Å². The standard InChI is InChI=1S/C15H21N3O4/c1-9-6-10(8-12(18(20)21)13(9)22-5)7-11-14(19)17(4)15(2,3)16-11/h6,8,11,16H,7H2,1-5H3/t11-/m0/s1. The Morgan fingerprint density at radius 1 is 1.45 bits per heavy atom. The topological polar surface area (TPSA) is 84.7 Å². The summed E-state index contributed by atoms with van der Waals surface area (Å²) >= 11 is 0. The Bertz CT molecular complexity index is 627. The molecule has 1 amide bonds. The Labute approximate surface area is 129 Å². The van der Waals surface area contributed by atoms with Crippen LogP contribution in [-0.2, 0) is 11.2 Å². The maximum Gasteiger partial charge on any atom is 0.311 e. The molecule has 7 nitrogen and oxygen atoms in total. The van der Waals surface area contributed by atoms with Crippen LogP contribution in [0.3, 0.4) is 0 Å². The van der Waals surface area contributed by atoms with Gasteiger partial charge >= 0.3 is 5.69 Å². The average Bonchev–Trinajstić information content (AvgIpc) is 2.61. The predicted octanol–water partition coefficient (Wildman–Crippen LogP) is 1.62. The zero-order valence-electron chi connectivity index (χ0n) is 13.5. The molecule has 0 radical (unpaired) electrons. The van der Waals surface area contributed by atoms with Crippen LogP contribution in [0.4, 0.5) is 5.69 Å². The van der Waals surface area contributed by atoms with Gasteiger partial charge in [-0.15, -0.1) is 0 Å². The fourth-order valence-corrected chi connectivity index (χ4v) is 2.82. The molecule has 1 aliphatic heterocycles. The van der Waals surface area contributed by atoms with E-state index in [9.17, 15) is 14.9 Å². The Hall–Kier alpha value is -2.15. The van der Waals surface area contributed by atoms with Gasteiger partial charge in [0.2, 0.25) is 5.91 Å². The molecular formula is C15H21N3O4. The molecule has 1 heterocycles. The van der Waals surface area contributed by atoms with Gasteiger partial charge in [-0.1, -0.05) is 6.07 Å². The Morgan fingerprint density at radius 3 is 2.55 bits per heavy atom. The van der Waals surface area contributed by atoms with Crippen molar-refractivity contribution >= 4 is 11.6 Å². The number of amides is 1. The highest BCUT2D eigenvalue weighted by molar-refractivity contribution is 5.85. The van der Waals surface area contributed by atoms with E-state index < -0.39 is 10.6 Å². The van der Waals surface area contributed by atoms with Crippen molar-refractivity contribution in [2.75, 3.05) is 14.2 Å². The largest absolute Gasteiger partial charge is 0.490 e. The number of hydrogen-bond acceptors (Lipinski definition) is 5. The summed E-state index contributed by atoms with van der Waals surface area (Å²) in [6.07, 6.45) is 0.401. The highest BCUT2D eigenvalue weighted by atomic mass is 16.6. The number of hydrogen-bond donors (Lipinski definition) is 1. The summed E-state index contributed by atoms with van der Waals surface area (Å²) in [6, 6.07) is 2.92. The number of carbonyl (C=O) groups is 1. The second-order valence-corrected chi connectivity index (χ2v) is 6.08. The van der Waals surface area contributed by atoms with E-state index in [1.54, 1.807) is 18.9 Å². The van der Waals surface area contributed by atoms with Crippen molar-refractivity contribution in [2.24, 2.45) is 0 Å². The van der Waals surface area contributed by atoms with Gasteiger partial charge in [-0.05, 0) is 38.3 Å². The lowest BCUT2D eigenvalue weighted by Gasteiger charge is -2.27. The molecule has 1 saturated heterocycles. The second kappa shape index (κ2) is 5.57. The van der Waals surface area contributed by atoms with Gasteiger partial charge in [-0.25, -0.2) is 0 Å². The van der Waals surface area contributed by atoms with Gasteiger partial charge in [0.15, 0.2) is 5.75 Å². The first-order valence-electron chi connectivity index (χ1n) is 7.04. The minimum atomic E-state index is -0.463. The number of nitro groups is 1. The van der Waals surface area contributed by atoms with Crippen LogP contribution < -0.4 is 10.1 Å². The minimum Gasteiger partial charge on any atom is -0.490 e. The smallest absolute Gasteiger partial charge is 0.311 e. The molecule has 0 spiro atoms. The van der Waals surface area contributed by atoms with Crippen LogP contribution in [0.1, 0.15) is 25.0 Å². The third kappa shape index (κ3) is 2.76. The number of nitrogens with one attached hydrogen (secondary N) is 1. The van der Waals surface area contributed by atoms with E-state index in [4.69, 9.17) is 4.74 Å². The van der Waals surface area contributed by atoms with Crippen LogP contribution in [0.15, 0.2) is 12.1 Å². The molecule has 0 unspecified atom stereocenters. The molecule has 1 atom stereocenters. The highest BCUT2D eigenvalue weighted by Crippen LogP contribution is 2.33. The number of carbonyl (C=O) groups excluding carboxylic acids is 1. The van der Waals surface area contributed by atoms with Crippen LogP contribution in [-0.4, -0.2) is 41.6 Å². The molecule has 7 heteroatoms. The summed E-state index contributed by atoms with van der Waals surface area (Å²) < 4.78 is 5.10. The van der Waals surface area contributed by atoms with E-state index in [2.05, 4.69) is 5.32 Å². The van der Waals surface area contributed by atoms with Crippen molar-refractivity contribution in [1.82, 2.24) is 10.2 Å². The molecule has 1 aliphatic rings. The molecular weight excluding hydrogens is 286 g/mol. The zero-order chi connectivity index (χ0) is 16.7. The summed E-state index contributed by atoms with van der Waals surface area (Å²) in [6.45, 7) is 5.61. The summed E-state index contributed by atoms with van der Waals surface area (Å²) in [4.78, 5) is 24.6. The number of nitrogens with zero attached hydrogens (tertiary/aromatic N) is 2. The SMILES string of the molecule is COc1c(C)cc(C[C@@H]2NC(C)(C)N(C)C2=O)cc1[N+](=O)[O-]. The van der Waals surface area contributed by atoms with Gasteiger partial charge in [0.1, 0.15) is 0 Å². The van der Waals surface area contributed by atoms with E-state index in [-0.39, 0.29) is 23.4 Å². The fourth-order valence-electron chi connectivity index (χ4n) is 2.82. The van der Waals surface area contributed by atoms with Gasteiger partial charge in [-0.3, -0.25) is 20.2 Å². The minimum absolute atomic E-state index is 0.0128. The number of nitro benzene ring substituents is 1. The van der Waals surface area contributed by atoms with Crippen molar-refractivity contribution in [3.63, 3.8) is 0 Å². The molecule has 1 aromatic rings. The number of aryl methyl sites for hydroxylation is 1. The van der Waals surface area contributed by atoms with Gasteiger partial charge in [0.05, 0.1) is 23.7 Å². The number of benzene rings is 1. The molecule has 120 valence electrons. The normalized spacial score (nSPS) is 20.3. The van der Waals surface area contributed by atoms with E-state index >= 15 is 0 Å². The average molecular weight is 307 g/mol. The summed E-state index contributed by atoms with van der Waals surface area (Å²) in [5.41, 5.74) is 0.928. The molecule has 1 aromatic carbocycles. The van der Waals surface area contributed by atoms with Gasteiger partial charge < -0.3 is 9.64 Å². The van der Waals surface area contributed by atoms with Crippen molar-refractivity contribution < 1.29 is 14.5 Å². The molecule has 1 fully saturated rings. The predicted molar refractivity (Wildman–Crippen MR) is 81.9 cm³/mol. The van der Waals surface area contributed by atoms with E-state index in [0.29, 0.717) is 12.0 Å². The Balaban J connectivity index is 2.32. The third-order valence-corrected chi connectivity index (χ3v) is 4.15. The lowest BCUT2D eigenvalue weighted by Crippen LogP contribution is -2.45. The van der Waals surface area contributed by atoms with Crippen LogP contribution >= 0.6 is 0 Å². The number of rotatable bonds is 4. The number of ether oxygens (including phenoxy) is 1. The summed E-state index contributed by atoms with van der Waals surface area (Å²) in [7, 11) is 3.16. The fraction of sp³-hybridized carbons (Fsp3) is 0.533. The summed E-state index contributed by atoms with van der Waals surface area (Å²) in [5.74, 6) is 0.248. The van der Waals surface area contributed by atoms with Crippen molar-refractivity contribution in [2.45, 2.75) is 38.9 Å². The first kappa shape index (κ1) is 16.2. The molecule has 0 bridgehead atoms. The second-order valence-electron chi connectivity index (χ2n) is 6.08. The van der Waals surface area contributed by atoms with E-state index in [1.807, 2.05) is 19.9 Å². The highest BCUT2D eigenvalue weighted by Gasteiger charge is 2.41. The maximum atomic E-state index is 12.3. The van der Waals surface area contributed by atoms with E-state index in [1.165, 1.54) is 13.2 Å². The molecule has 0 aromatic heterocycles. The van der Waals surface area contributed by atoms with Gasteiger partial charge in [0.25, 0.3) is 0 Å². The van der Waals surface area contributed by atoms with Crippen LogP contribution in [0.25, 0.3) is 0 Å². The number of likely N-dealkylation sites (N-methyl/N-ethyl adjacent to an activating group) is 1. The van der Waals surface area contributed by atoms with Crippen molar-refractivity contribution in [1.29, 1.82) is 0 Å². The third-order valence-electron chi connectivity index (χ3n) is 4.15. The van der Waals surface area contributed by atoms with E-state index in [0.717, 1.165) is 5.56 Å². The Kier molecular flexibility index (Phi) is 4.10. The molecule has 22 heavy (non-hydrogen) atoms. The monoisotopic (exact) mass is 307 g/mol. The number of methoxy groups -OCH3 is 1. The lowest BCUT2D eigenvalue weighted by molar-refractivity contribution is -0.385. The van der Waals surface area contributed by atoms with Crippen molar-refractivity contribution in [3.05, 3.63) is 33.4 Å². The van der Waals surface area contributed by atoms with Crippen LogP contribution in [0, 0.1) is 17.0 Å². The van der Waals surface area contributed by atoms with Crippen molar-refractivity contribution in [3.8, 4) is 5.75 Å². The van der Waals surface area contributed by atoms with Gasteiger partial charge in [-0.2, -0.15) is 0 Å². The maximum absolute atomic E-state index is 12.3. The molecule has 1 N–H and O–H groups in total. The quantitative estimate of drug-likeness (QED) is 0.675. The summed E-state index contributed by atoms with van der Waals surface area (Å²) in [5, 5.41) is 14.4. The van der Waals surface area contributed by atoms with Crippen LogP contribution in [0.2, 0.25) is 0 Å². The first-order valence-corrected chi connectivity index (χ1v) is 7.04. The first-order chi connectivity index (χ1) is 10.2. The van der Waals surface area contributed by atoms with Gasteiger partial charge in [0, 0.05) is 13.1 Å². The lowest BCUT2D eigenvalue weighted by atomic mass is 10.0. The molecule has 0 aliphatic carbocycles.